The molecule has 1 aromatic heterocycles. The van der Waals surface area contributed by atoms with Gasteiger partial charge in [-0.05, 0) is 96.5 Å². The van der Waals surface area contributed by atoms with Crippen LogP contribution in [0.4, 0.5) is 0 Å². The molecular formula is C34H44N2O3. The van der Waals surface area contributed by atoms with Gasteiger partial charge in [0.05, 0.1) is 12.0 Å². The Morgan fingerprint density at radius 1 is 0.949 bits per heavy atom. The van der Waals surface area contributed by atoms with Crippen molar-refractivity contribution in [3.05, 3.63) is 47.7 Å². The lowest BCUT2D eigenvalue weighted by molar-refractivity contribution is -0.213. The number of carbonyl (C=O) groups excluding carboxylic acids is 3. The number of carbonyl (C=O) groups is 3. The van der Waals surface area contributed by atoms with Gasteiger partial charge < -0.3 is 4.79 Å². The molecule has 0 amide bonds. The molecule has 5 aliphatic carbocycles. The van der Waals surface area contributed by atoms with Gasteiger partial charge in [-0.2, -0.15) is 0 Å². The standard InChI is InChI=1S/C34H44N2O3/c1-21-22-10-11-32(5)26(31(22,4)20-24(35-7)28(21)38)18-25(37)27-23-19-30(2,3)12-14-34(23,15-13-33(27,32)6)29(39)36-16-8-9-17-36/h8-9,16-17,20-23,26-27H,10-15,18-19H2,1-6H3/t21-,22-,23-,26+,27-,31-,32+,33+,34-/m0/s1. The van der Waals surface area contributed by atoms with Gasteiger partial charge >= 0.3 is 0 Å². The van der Waals surface area contributed by atoms with Crippen LogP contribution < -0.4 is 0 Å². The number of nitrogens with zero attached hydrogens (tertiary/aromatic N) is 2. The molecule has 208 valence electrons. The fourth-order valence-corrected chi connectivity index (χ4v) is 11.0. The quantitative estimate of drug-likeness (QED) is 0.357. The number of fused-ring (bicyclic) bond motifs is 7. The van der Waals surface area contributed by atoms with Crippen LogP contribution in [0.1, 0.15) is 97.7 Å². The first kappa shape index (κ1) is 26.7. The van der Waals surface area contributed by atoms with Gasteiger partial charge in [-0.3, -0.25) is 14.2 Å². The molecule has 5 aliphatic rings. The lowest BCUT2D eigenvalue weighted by atomic mass is 9.32. The third-order valence-corrected chi connectivity index (χ3v) is 13.4. The van der Waals surface area contributed by atoms with E-state index in [0.29, 0.717) is 12.2 Å². The highest BCUT2D eigenvalue weighted by molar-refractivity contribution is 6.00. The molecule has 0 radical (unpaired) electrons. The summed E-state index contributed by atoms with van der Waals surface area (Å²) >= 11 is 0. The van der Waals surface area contributed by atoms with E-state index in [1.54, 1.807) is 4.57 Å². The Hall–Kier alpha value is -2.48. The Morgan fingerprint density at radius 2 is 1.62 bits per heavy atom. The summed E-state index contributed by atoms with van der Waals surface area (Å²) in [5, 5.41) is 0. The van der Waals surface area contributed by atoms with Crippen LogP contribution in [0.15, 0.2) is 36.3 Å². The Labute approximate surface area is 233 Å². The third kappa shape index (κ3) is 3.33. The zero-order valence-electron chi connectivity index (χ0n) is 24.5. The van der Waals surface area contributed by atoms with Crippen molar-refractivity contribution in [3.8, 4) is 0 Å². The summed E-state index contributed by atoms with van der Waals surface area (Å²) in [5.41, 5.74) is -0.829. The number of rotatable bonds is 1. The van der Waals surface area contributed by atoms with Gasteiger partial charge in [0.25, 0.3) is 0 Å². The van der Waals surface area contributed by atoms with Crippen molar-refractivity contribution in [3.63, 3.8) is 0 Å². The summed E-state index contributed by atoms with van der Waals surface area (Å²) in [5.74, 6) is 0.420. The van der Waals surface area contributed by atoms with Crippen LogP contribution in [0.3, 0.4) is 0 Å². The maximum Gasteiger partial charge on any atom is 0.237 e. The van der Waals surface area contributed by atoms with Crippen LogP contribution in [0, 0.1) is 63.2 Å². The molecule has 0 spiro atoms. The predicted molar refractivity (Wildman–Crippen MR) is 150 cm³/mol. The Morgan fingerprint density at radius 3 is 2.28 bits per heavy atom. The Bertz CT molecular complexity index is 1320. The van der Waals surface area contributed by atoms with E-state index in [-0.39, 0.29) is 68.6 Å². The second-order valence-corrected chi connectivity index (χ2v) is 15.4. The second kappa shape index (κ2) is 8.27. The minimum Gasteiger partial charge on any atom is -0.308 e. The molecule has 0 bridgehead atoms. The molecule has 0 aliphatic heterocycles. The molecule has 5 heteroatoms. The normalized spacial score (nSPS) is 46.6. The summed E-state index contributed by atoms with van der Waals surface area (Å²) < 4.78 is 1.77. The molecule has 4 saturated carbocycles. The summed E-state index contributed by atoms with van der Waals surface area (Å²) in [6, 6.07) is 3.83. The number of hydrogen-bond donors (Lipinski definition) is 0. The van der Waals surface area contributed by atoms with Crippen LogP contribution in [-0.2, 0) is 9.59 Å². The van der Waals surface area contributed by atoms with Crippen LogP contribution in [-0.4, -0.2) is 22.0 Å². The van der Waals surface area contributed by atoms with Gasteiger partial charge in [0.2, 0.25) is 11.6 Å². The van der Waals surface area contributed by atoms with E-state index in [1.165, 1.54) is 0 Å². The third-order valence-electron chi connectivity index (χ3n) is 13.4. The molecule has 39 heavy (non-hydrogen) atoms. The summed E-state index contributed by atoms with van der Waals surface area (Å²) in [6.07, 6.45) is 12.6. The Kier molecular flexibility index (Phi) is 5.67. The van der Waals surface area contributed by atoms with Gasteiger partial charge in [0, 0.05) is 30.7 Å². The number of allylic oxidation sites excluding steroid dienone is 2. The summed E-state index contributed by atoms with van der Waals surface area (Å²) in [4.78, 5) is 45.5. The van der Waals surface area contributed by atoms with Crippen molar-refractivity contribution in [2.45, 2.75) is 92.9 Å². The van der Waals surface area contributed by atoms with Crippen molar-refractivity contribution in [1.82, 2.24) is 4.57 Å². The van der Waals surface area contributed by atoms with Crippen molar-refractivity contribution in [2.24, 2.45) is 56.7 Å². The van der Waals surface area contributed by atoms with Crippen LogP contribution in [0.5, 0.6) is 0 Å². The van der Waals surface area contributed by atoms with Gasteiger partial charge in [0.1, 0.15) is 5.78 Å². The highest BCUT2D eigenvalue weighted by Gasteiger charge is 2.72. The van der Waals surface area contributed by atoms with Gasteiger partial charge in [-0.1, -0.05) is 47.6 Å². The molecule has 1 heterocycles. The topological polar surface area (TPSA) is 60.5 Å². The molecule has 0 saturated heterocycles. The van der Waals surface area contributed by atoms with Gasteiger partial charge in [-0.15, -0.1) is 0 Å². The summed E-state index contributed by atoms with van der Waals surface area (Å²) in [7, 11) is 0. The monoisotopic (exact) mass is 528 g/mol. The van der Waals surface area contributed by atoms with Crippen molar-refractivity contribution in [2.75, 3.05) is 0 Å². The lowest BCUT2D eigenvalue weighted by Gasteiger charge is -2.71. The fourth-order valence-electron chi connectivity index (χ4n) is 11.0. The highest BCUT2D eigenvalue weighted by atomic mass is 16.2. The predicted octanol–water partition coefficient (Wildman–Crippen LogP) is 7.39. The van der Waals surface area contributed by atoms with Gasteiger partial charge in [-0.25, -0.2) is 4.85 Å². The maximum atomic E-state index is 14.6. The molecule has 4 fully saturated rings. The number of hydrogen-bond acceptors (Lipinski definition) is 3. The molecule has 9 atom stereocenters. The average molecular weight is 529 g/mol. The molecule has 0 unspecified atom stereocenters. The van der Waals surface area contributed by atoms with Crippen molar-refractivity contribution in [1.29, 1.82) is 0 Å². The van der Waals surface area contributed by atoms with E-state index in [1.807, 2.05) is 37.5 Å². The number of aromatic nitrogens is 1. The first-order valence-electron chi connectivity index (χ1n) is 15.1. The fraction of sp³-hybridized carbons (Fsp3) is 0.706. The van der Waals surface area contributed by atoms with E-state index in [0.717, 1.165) is 44.9 Å². The molecule has 1 aromatic rings. The first-order valence-corrected chi connectivity index (χ1v) is 15.1. The van der Waals surface area contributed by atoms with E-state index in [9.17, 15) is 14.4 Å². The molecule has 0 N–H and O–H groups in total. The van der Waals surface area contributed by atoms with Crippen molar-refractivity contribution >= 4 is 17.5 Å². The molecule has 0 aromatic carbocycles. The highest BCUT2D eigenvalue weighted by Crippen LogP contribution is 2.75. The van der Waals surface area contributed by atoms with E-state index in [2.05, 4.69) is 39.5 Å². The largest absolute Gasteiger partial charge is 0.308 e. The SMILES string of the molecule is [C-]#[N+]C1=C[C@]2(C)[C@H]3CC(=O)[C@@H]4[C@@H]5CC(C)(C)CC[C@]5(C(=O)n5cccc5)CC[C@@]4(C)[C@]3(C)CC[C@H]2[C@H](C)C1=O. The van der Waals surface area contributed by atoms with Crippen LogP contribution in [0.25, 0.3) is 4.85 Å². The molecule has 6 rings (SSSR count). The van der Waals surface area contributed by atoms with Crippen molar-refractivity contribution < 1.29 is 14.4 Å². The van der Waals surface area contributed by atoms with E-state index >= 15 is 0 Å². The van der Waals surface area contributed by atoms with E-state index < -0.39 is 5.41 Å². The second-order valence-electron chi connectivity index (χ2n) is 15.4. The Balaban J connectivity index is 1.47. The maximum absolute atomic E-state index is 14.6. The van der Waals surface area contributed by atoms with Crippen LogP contribution >= 0.6 is 0 Å². The summed E-state index contributed by atoms with van der Waals surface area (Å²) in [6.45, 7) is 21.3. The number of Topliss-reactive ketones (excluding diaryl/α,β-unsaturated/α-hetero) is 2. The minimum atomic E-state index is -0.498. The first-order chi connectivity index (χ1) is 18.2. The zero-order chi connectivity index (χ0) is 28.2. The lowest BCUT2D eigenvalue weighted by Crippen LogP contribution is -2.68. The number of ketones is 2. The zero-order valence-corrected chi connectivity index (χ0v) is 24.5. The molecular weight excluding hydrogens is 484 g/mol. The molecule has 5 nitrogen and oxygen atoms in total. The van der Waals surface area contributed by atoms with E-state index in [4.69, 9.17) is 6.57 Å². The van der Waals surface area contributed by atoms with Gasteiger partial charge in [0.15, 0.2) is 5.78 Å². The minimum absolute atomic E-state index is 0.0299. The average Bonchev–Trinajstić information content (AvgIpc) is 3.42. The van der Waals surface area contributed by atoms with Crippen LogP contribution in [0.2, 0.25) is 0 Å². The smallest absolute Gasteiger partial charge is 0.237 e.